The molecule has 0 aromatic carbocycles. The molecular weight excluding hydrogens is 232 g/mol. The topological polar surface area (TPSA) is 60.3 Å². The number of nitrogens with one attached hydrogen (secondary N) is 1. The van der Waals surface area contributed by atoms with Gasteiger partial charge in [0.25, 0.3) is 11.5 Å². The molecule has 1 aromatic rings. The zero-order valence-corrected chi connectivity index (χ0v) is 11.5. The minimum Gasteiger partial charge on any atom is -0.478 e. The Bertz CT molecular complexity index is 504. The van der Waals surface area contributed by atoms with Crippen LogP contribution in [-0.4, -0.2) is 24.1 Å². The Morgan fingerprint density at radius 1 is 1.44 bits per heavy atom. The van der Waals surface area contributed by atoms with Gasteiger partial charge in [-0.3, -0.25) is 9.59 Å². The van der Waals surface area contributed by atoms with Crippen LogP contribution >= 0.6 is 0 Å². The van der Waals surface area contributed by atoms with Crippen molar-refractivity contribution >= 4 is 5.91 Å². The van der Waals surface area contributed by atoms with Crippen LogP contribution < -0.4 is 15.6 Å². The van der Waals surface area contributed by atoms with E-state index < -0.39 is 0 Å². The number of amides is 1. The van der Waals surface area contributed by atoms with Crippen molar-refractivity contribution in [2.45, 2.75) is 33.7 Å². The van der Waals surface area contributed by atoms with Gasteiger partial charge in [-0.05, 0) is 39.3 Å². The molecule has 0 aliphatic rings. The van der Waals surface area contributed by atoms with Crippen LogP contribution in [-0.2, 0) is 4.79 Å². The minimum atomic E-state index is -0.260. The number of aromatic nitrogens is 1. The summed E-state index contributed by atoms with van der Waals surface area (Å²) in [7, 11) is 1.53. The molecule has 0 saturated carbocycles. The van der Waals surface area contributed by atoms with Gasteiger partial charge in [-0.2, -0.15) is 0 Å². The van der Waals surface area contributed by atoms with E-state index in [-0.39, 0.29) is 29.9 Å². The molecule has 0 aliphatic carbocycles. The van der Waals surface area contributed by atoms with Crippen LogP contribution in [0.4, 0.5) is 0 Å². The summed E-state index contributed by atoms with van der Waals surface area (Å²) in [5, 5.41) is 2.45. The number of pyridine rings is 1. The Kier molecular flexibility index (Phi) is 4.53. The number of hydrogen-bond donors (Lipinski definition) is 1. The van der Waals surface area contributed by atoms with Crippen LogP contribution in [0.25, 0.3) is 0 Å². The highest BCUT2D eigenvalue weighted by Gasteiger charge is 2.13. The summed E-state index contributed by atoms with van der Waals surface area (Å²) in [4.78, 5) is 23.3. The van der Waals surface area contributed by atoms with Crippen molar-refractivity contribution in [1.82, 2.24) is 9.88 Å². The summed E-state index contributed by atoms with van der Waals surface area (Å²) < 4.78 is 6.95. The standard InChI is InChI=1S/C13H20N2O3/c1-8(2)15-10(4)9(3)6-11(13(15)17)18-7-12(16)14-5/h6,8H,7H2,1-5H3,(H,14,16). The summed E-state index contributed by atoms with van der Waals surface area (Å²) in [6.45, 7) is 7.55. The molecule has 0 fully saturated rings. The van der Waals surface area contributed by atoms with Crippen molar-refractivity contribution in [2.75, 3.05) is 13.7 Å². The second-order valence-electron chi connectivity index (χ2n) is 4.51. The molecule has 5 heteroatoms. The average molecular weight is 252 g/mol. The minimum absolute atomic E-state index is 0.0553. The van der Waals surface area contributed by atoms with Crippen molar-refractivity contribution in [1.29, 1.82) is 0 Å². The number of nitrogens with zero attached hydrogens (tertiary/aromatic N) is 1. The highest BCUT2D eigenvalue weighted by Crippen LogP contribution is 2.15. The van der Waals surface area contributed by atoms with Gasteiger partial charge in [0.05, 0.1) is 0 Å². The second-order valence-corrected chi connectivity index (χ2v) is 4.51. The number of likely N-dealkylation sites (N-methyl/N-ethyl adjacent to an activating group) is 1. The van der Waals surface area contributed by atoms with E-state index in [1.165, 1.54) is 7.05 Å². The van der Waals surface area contributed by atoms with E-state index >= 15 is 0 Å². The van der Waals surface area contributed by atoms with E-state index in [0.29, 0.717) is 0 Å². The monoisotopic (exact) mass is 252 g/mol. The van der Waals surface area contributed by atoms with E-state index in [4.69, 9.17) is 4.74 Å². The van der Waals surface area contributed by atoms with Gasteiger partial charge in [-0.15, -0.1) is 0 Å². The maximum Gasteiger partial charge on any atom is 0.293 e. The van der Waals surface area contributed by atoms with Gasteiger partial charge in [0, 0.05) is 18.8 Å². The molecule has 0 atom stereocenters. The average Bonchev–Trinajstić information content (AvgIpc) is 2.31. The highest BCUT2D eigenvalue weighted by atomic mass is 16.5. The van der Waals surface area contributed by atoms with E-state index in [1.54, 1.807) is 10.6 Å². The SMILES string of the molecule is CNC(=O)COc1cc(C)c(C)n(C(C)C)c1=O. The van der Waals surface area contributed by atoms with Gasteiger partial charge in [-0.25, -0.2) is 0 Å². The number of aryl methyl sites for hydroxylation is 1. The third-order valence-corrected chi connectivity index (χ3v) is 2.86. The lowest BCUT2D eigenvalue weighted by Gasteiger charge is -2.17. The normalized spacial score (nSPS) is 10.6. The van der Waals surface area contributed by atoms with Gasteiger partial charge in [0.15, 0.2) is 12.4 Å². The molecule has 0 saturated heterocycles. The molecule has 1 amide bonds. The van der Waals surface area contributed by atoms with Crippen LogP contribution in [0.1, 0.15) is 31.1 Å². The van der Waals surface area contributed by atoms with Crippen molar-refractivity contribution in [3.8, 4) is 5.75 Å². The van der Waals surface area contributed by atoms with Gasteiger partial charge in [0.2, 0.25) is 0 Å². The summed E-state index contributed by atoms with van der Waals surface area (Å²) in [5.41, 5.74) is 1.69. The molecule has 0 spiro atoms. The van der Waals surface area contributed by atoms with E-state index in [2.05, 4.69) is 5.32 Å². The molecule has 5 nitrogen and oxygen atoms in total. The maximum absolute atomic E-state index is 12.2. The number of carbonyl (C=O) groups is 1. The van der Waals surface area contributed by atoms with Gasteiger partial charge < -0.3 is 14.6 Å². The summed E-state index contributed by atoms with van der Waals surface area (Å²) in [6, 6.07) is 1.74. The molecule has 1 heterocycles. The Balaban J connectivity index is 3.14. The molecular formula is C13H20N2O3. The van der Waals surface area contributed by atoms with E-state index in [9.17, 15) is 9.59 Å². The Morgan fingerprint density at radius 3 is 2.56 bits per heavy atom. The summed E-state index contributed by atoms with van der Waals surface area (Å²) in [6.07, 6.45) is 0. The lowest BCUT2D eigenvalue weighted by molar-refractivity contribution is -0.122. The van der Waals surface area contributed by atoms with Crippen LogP contribution in [0, 0.1) is 13.8 Å². The molecule has 1 rings (SSSR count). The first kappa shape index (κ1) is 14.3. The molecule has 100 valence electrons. The molecule has 0 bridgehead atoms. The van der Waals surface area contributed by atoms with Gasteiger partial charge in [-0.1, -0.05) is 0 Å². The summed E-state index contributed by atoms with van der Waals surface area (Å²) >= 11 is 0. The largest absolute Gasteiger partial charge is 0.478 e. The Morgan fingerprint density at radius 2 is 2.06 bits per heavy atom. The van der Waals surface area contributed by atoms with Crippen molar-refractivity contribution < 1.29 is 9.53 Å². The molecule has 18 heavy (non-hydrogen) atoms. The van der Waals surface area contributed by atoms with Crippen LogP contribution in [0.5, 0.6) is 5.75 Å². The maximum atomic E-state index is 12.2. The lowest BCUT2D eigenvalue weighted by Crippen LogP contribution is -2.30. The van der Waals surface area contributed by atoms with Gasteiger partial charge in [0.1, 0.15) is 0 Å². The predicted molar refractivity (Wildman–Crippen MR) is 70.1 cm³/mol. The smallest absolute Gasteiger partial charge is 0.293 e. The Hall–Kier alpha value is -1.78. The molecule has 0 aliphatic heterocycles. The van der Waals surface area contributed by atoms with Crippen LogP contribution in [0.15, 0.2) is 10.9 Å². The zero-order chi connectivity index (χ0) is 13.9. The molecule has 0 unspecified atom stereocenters. The third-order valence-electron chi connectivity index (χ3n) is 2.86. The number of ether oxygens (including phenoxy) is 1. The first-order chi connectivity index (χ1) is 8.38. The first-order valence-corrected chi connectivity index (χ1v) is 5.94. The zero-order valence-electron chi connectivity index (χ0n) is 11.5. The lowest BCUT2D eigenvalue weighted by atomic mass is 10.2. The predicted octanol–water partition coefficient (Wildman–Crippen LogP) is 1.17. The fourth-order valence-electron chi connectivity index (χ4n) is 1.76. The van der Waals surface area contributed by atoms with Crippen LogP contribution in [0.3, 0.4) is 0 Å². The van der Waals surface area contributed by atoms with Crippen LogP contribution in [0.2, 0.25) is 0 Å². The first-order valence-electron chi connectivity index (χ1n) is 5.94. The molecule has 1 aromatic heterocycles. The molecule has 1 N–H and O–H groups in total. The number of carbonyl (C=O) groups excluding carboxylic acids is 1. The quantitative estimate of drug-likeness (QED) is 0.875. The third kappa shape index (κ3) is 2.91. The molecule has 0 radical (unpaired) electrons. The fraction of sp³-hybridized carbons (Fsp3) is 0.538. The fourth-order valence-corrected chi connectivity index (χ4v) is 1.76. The Labute approximate surface area is 107 Å². The van der Waals surface area contributed by atoms with E-state index in [0.717, 1.165) is 11.3 Å². The highest BCUT2D eigenvalue weighted by molar-refractivity contribution is 5.77. The second kappa shape index (κ2) is 5.71. The van der Waals surface area contributed by atoms with Crippen molar-refractivity contribution in [3.63, 3.8) is 0 Å². The van der Waals surface area contributed by atoms with Gasteiger partial charge >= 0.3 is 0 Å². The number of hydrogen-bond acceptors (Lipinski definition) is 3. The van der Waals surface area contributed by atoms with Crippen molar-refractivity contribution in [2.24, 2.45) is 0 Å². The number of rotatable bonds is 4. The summed E-state index contributed by atoms with van der Waals surface area (Å²) in [5.74, 6) is -0.0425. The van der Waals surface area contributed by atoms with E-state index in [1.807, 2.05) is 27.7 Å². The van der Waals surface area contributed by atoms with Crippen molar-refractivity contribution in [3.05, 3.63) is 27.7 Å².